The van der Waals surface area contributed by atoms with Crippen LogP contribution in [0.15, 0.2) is 54.6 Å². The number of hydrogen-bond acceptors (Lipinski definition) is 2. The monoisotopic (exact) mass is 283 g/mol. The summed E-state index contributed by atoms with van der Waals surface area (Å²) in [5, 5.41) is 0. The maximum absolute atomic E-state index is 12.1. The highest BCUT2D eigenvalue weighted by Gasteiger charge is 2.19. The molecule has 0 aromatic heterocycles. The van der Waals surface area contributed by atoms with Crippen LogP contribution in [-0.2, 0) is 4.79 Å². The minimum absolute atomic E-state index is 0.0620. The van der Waals surface area contributed by atoms with E-state index in [0.717, 1.165) is 16.9 Å². The van der Waals surface area contributed by atoms with Crippen LogP contribution in [0.3, 0.4) is 0 Å². The van der Waals surface area contributed by atoms with Crippen molar-refractivity contribution in [2.45, 2.75) is 12.3 Å². The molecule has 2 rings (SSSR count). The average molecular weight is 283 g/mol. The lowest BCUT2D eigenvalue weighted by Crippen LogP contribution is -2.24. The van der Waals surface area contributed by atoms with Crippen molar-refractivity contribution < 1.29 is 9.53 Å². The number of methoxy groups -OCH3 is 1. The maximum atomic E-state index is 12.1. The lowest BCUT2D eigenvalue weighted by molar-refractivity contribution is -0.128. The van der Waals surface area contributed by atoms with Gasteiger partial charge in [-0.3, -0.25) is 4.79 Å². The summed E-state index contributed by atoms with van der Waals surface area (Å²) in [6.45, 7) is 0. The van der Waals surface area contributed by atoms with Crippen molar-refractivity contribution in [2.75, 3.05) is 21.2 Å². The van der Waals surface area contributed by atoms with E-state index in [1.165, 1.54) is 0 Å². The molecule has 1 atom stereocenters. The van der Waals surface area contributed by atoms with E-state index >= 15 is 0 Å². The molecule has 1 amide bonds. The number of hydrogen-bond donors (Lipinski definition) is 0. The Kier molecular flexibility index (Phi) is 4.99. The molecule has 0 N–H and O–H groups in total. The summed E-state index contributed by atoms with van der Waals surface area (Å²) < 4.78 is 5.20. The summed E-state index contributed by atoms with van der Waals surface area (Å²) in [6.07, 6.45) is 0.462. The first kappa shape index (κ1) is 15.1. The SMILES string of the molecule is COc1ccc(C(CC(=O)N(C)C)c2ccccc2)cc1. The largest absolute Gasteiger partial charge is 0.497 e. The van der Waals surface area contributed by atoms with Crippen LogP contribution in [0.1, 0.15) is 23.5 Å². The van der Waals surface area contributed by atoms with Crippen molar-refractivity contribution in [1.29, 1.82) is 0 Å². The number of nitrogens with zero attached hydrogens (tertiary/aromatic N) is 1. The minimum atomic E-state index is 0.0620. The molecule has 0 radical (unpaired) electrons. The van der Waals surface area contributed by atoms with E-state index in [9.17, 15) is 4.79 Å². The van der Waals surface area contributed by atoms with Crippen LogP contribution in [-0.4, -0.2) is 32.0 Å². The number of rotatable bonds is 5. The first-order chi connectivity index (χ1) is 10.1. The Labute approximate surface area is 126 Å². The summed E-state index contributed by atoms with van der Waals surface area (Å²) in [7, 11) is 5.23. The van der Waals surface area contributed by atoms with Crippen LogP contribution in [0.4, 0.5) is 0 Å². The summed E-state index contributed by atoms with van der Waals surface area (Å²) in [6, 6.07) is 18.1. The quantitative estimate of drug-likeness (QED) is 0.842. The molecule has 3 heteroatoms. The van der Waals surface area contributed by atoms with Gasteiger partial charge in [-0.05, 0) is 23.3 Å². The molecule has 0 fully saturated rings. The molecular weight excluding hydrogens is 262 g/mol. The molecule has 0 aliphatic heterocycles. The van der Waals surface area contributed by atoms with Gasteiger partial charge in [-0.15, -0.1) is 0 Å². The third kappa shape index (κ3) is 3.85. The molecule has 3 nitrogen and oxygen atoms in total. The molecule has 0 saturated heterocycles. The minimum Gasteiger partial charge on any atom is -0.497 e. The molecular formula is C18H21NO2. The van der Waals surface area contributed by atoms with Crippen molar-refractivity contribution in [2.24, 2.45) is 0 Å². The zero-order chi connectivity index (χ0) is 15.2. The van der Waals surface area contributed by atoms with Gasteiger partial charge in [0.2, 0.25) is 5.91 Å². The van der Waals surface area contributed by atoms with E-state index in [1.807, 2.05) is 42.5 Å². The van der Waals surface area contributed by atoms with Gasteiger partial charge in [0.05, 0.1) is 7.11 Å². The van der Waals surface area contributed by atoms with Crippen LogP contribution < -0.4 is 4.74 Å². The Morgan fingerprint density at radius 2 is 1.57 bits per heavy atom. The van der Waals surface area contributed by atoms with Crippen LogP contribution >= 0.6 is 0 Å². The van der Waals surface area contributed by atoms with E-state index in [2.05, 4.69) is 12.1 Å². The van der Waals surface area contributed by atoms with E-state index in [0.29, 0.717) is 6.42 Å². The maximum Gasteiger partial charge on any atom is 0.223 e. The van der Waals surface area contributed by atoms with Crippen LogP contribution in [0.2, 0.25) is 0 Å². The molecule has 0 aliphatic rings. The number of benzene rings is 2. The summed E-state index contributed by atoms with van der Waals surface area (Å²) in [5.74, 6) is 1.01. The van der Waals surface area contributed by atoms with Crippen molar-refractivity contribution in [1.82, 2.24) is 4.90 Å². The third-order valence-corrected chi connectivity index (χ3v) is 3.60. The van der Waals surface area contributed by atoms with Crippen molar-refractivity contribution in [3.8, 4) is 5.75 Å². The Balaban J connectivity index is 2.32. The van der Waals surface area contributed by atoms with E-state index < -0.39 is 0 Å². The van der Waals surface area contributed by atoms with Gasteiger partial charge >= 0.3 is 0 Å². The highest BCUT2D eigenvalue weighted by Crippen LogP contribution is 2.29. The smallest absolute Gasteiger partial charge is 0.223 e. The van der Waals surface area contributed by atoms with Gasteiger partial charge in [0.1, 0.15) is 5.75 Å². The van der Waals surface area contributed by atoms with Crippen molar-refractivity contribution >= 4 is 5.91 Å². The van der Waals surface area contributed by atoms with Gasteiger partial charge in [0.25, 0.3) is 0 Å². The van der Waals surface area contributed by atoms with Crippen LogP contribution in [0.5, 0.6) is 5.75 Å². The third-order valence-electron chi connectivity index (χ3n) is 3.60. The molecule has 0 aliphatic carbocycles. The van der Waals surface area contributed by atoms with Gasteiger partial charge in [-0.1, -0.05) is 42.5 Å². The molecule has 1 unspecified atom stereocenters. The van der Waals surface area contributed by atoms with Crippen molar-refractivity contribution in [3.63, 3.8) is 0 Å². The number of carbonyl (C=O) groups excluding carboxylic acids is 1. The fraction of sp³-hybridized carbons (Fsp3) is 0.278. The Bertz CT molecular complexity index is 576. The molecule has 0 saturated carbocycles. The number of amides is 1. The molecule has 110 valence electrons. The second-order valence-corrected chi connectivity index (χ2v) is 5.23. The van der Waals surface area contributed by atoms with Gasteiger partial charge in [0.15, 0.2) is 0 Å². The number of carbonyl (C=O) groups is 1. The predicted octanol–water partition coefficient (Wildman–Crippen LogP) is 3.31. The fourth-order valence-electron chi connectivity index (χ4n) is 2.31. The Morgan fingerprint density at radius 1 is 1.00 bits per heavy atom. The van der Waals surface area contributed by atoms with Crippen molar-refractivity contribution in [3.05, 3.63) is 65.7 Å². The number of ether oxygens (including phenoxy) is 1. The predicted molar refractivity (Wildman–Crippen MR) is 84.6 cm³/mol. The summed E-state index contributed by atoms with van der Waals surface area (Å²) >= 11 is 0. The fourth-order valence-corrected chi connectivity index (χ4v) is 2.31. The highest BCUT2D eigenvalue weighted by atomic mass is 16.5. The first-order valence-corrected chi connectivity index (χ1v) is 7.01. The van der Waals surface area contributed by atoms with Gasteiger partial charge in [-0.25, -0.2) is 0 Å². The summed E-state index contributed by atoms with van der Waals surface area (Å²) in [5.41, 5.74) is 2.27. The Morgan fingerprint density at radius 3 is 2.10 bits per heavy atom. The second kappa shape index (κ2) is 6.93. The molecule has 0 spiro atoms. The van der Waals surface area contributed by atoms with E-state index in [1.54, 1.807) is 26.1 Å². The first-order valence-electron chi connectivity index (χ1n) is 7.01. The average Bonchev–Trinajstić information content (AvgIpc) is 2.53. The van der Waals surface area contributed by atoms with Crippen LogP contribution in [0.25, 0.3) is 0 Å². The zero-order valence-electron chi connectivity index (χ0n) is 12.7. The van der Waals surface area contributed by atoms with E-state index in [4.69, 9.17) is 4.74 Å². The lowest BCUT2D eigenvalue weighted by Gasteiger charge is -2.20. The molecule has 21 heavy (non-hydrogen) atoms. The second-order valence-electron chi connectivity index (χ2n) is 5.23. The van der Waals surface area contributed by atoms with E-state index in [-0.39, 0.29) is 11.8 Å². The lowest BCUT2D eigenvalue weighted by atomic mass is 9.88. The molecule has 0 heterocycles. The topological polar surface area (TPSA) is 29.5 Å². The van der Waals surface area contributed by atoms with Gasteiger partial charge < -0.3 is 9.64 Å². The standard InChI is InChI=1S/C18H21NO2/c1-19(2)18(20)13-17(14-7-5-4-6-8-14)15-9-11-16(21-3)12-10-15/h4-12,17H,13H2,1-3H3. The zero-order valence-corrected chi connectivity index (χ0v) is 12.7. The highest BCUT2D eigenvalue weighted by molar-refractivity contribution is 5.77. The van der Waals surface area contributed by atoms with Gasteiger partial charge in [0, 0.05) is 26.4 Å². The van der Waals surface area contributed by atoms with Crippen LogP contribution in [0, 0.1) is 0 Å². The van der Waals surface area contributed by atoms with Gasteiger partial charge in [-0.2, -0.15) is 0 Å². The Hall–Kier alpha value is -2.29. The summed E-state index contributed by atoms with van der Waals surface area (Å²) in [4.78, 5) is 13.8. The molecule has 0 bridgehead atoms. The molecule has 2 aromatic carbocycles. The molecule has 2 aromatic rings. The normalized spacial score (nSPS) is 11.8.